The van der Waals surface area contributed by atoms with Gasteiger partial charge in [0.15, 0.2) is 5.96 Å². The van der Waals surface area contributed by atoms with Crippen LogP contribution in [0, 0.1) is 5.92 Å². The summed E-state index contributed by atoms with van der Waals surface area (Å²) in [4.78, 5) is 29.6. The number of nitrogens with zero attached hydrogens (tertiary/aromatic N) is 2. The molecule has 7 nitrogen and oxygen atoms in total. The summed E-state index contributed by atoms with van der Waals surface area (Å²) < 4.78 is 9.72. The fraction of sp³-hybridized carbons (Fsp3) is 0.800. The third-order valence-corrected chi connectivity index (χ3v) is 3.48. The number of nitrogens with one attached hydrogen (secondary N) is 1. The molecule has 7 heteroatoms. The number of methoxy groups -OCH3 is 1. The van der Waals surface area contributed by atoms with Gasteiger partial charge >= 0.3 is 11.9 Å². The molecule has 0 amide bonds. The van der Waals surface area contributed by atoms with Gasteiger partial charge in [-0.3, -0.25) is 14.6 Å². The fourth-order valence-electron chi connectivity index (χ4n) is 2.40. The molecule has 1 rings (SSSR count). The zero-order chi connectivity index (χ0) is 16.4. The Kier molecular flexibility index (Phi) is 8.32. The van der Waals surface area contributed by atoms with E-state index < -0.39 is 0 Å². The minimum absolute atomic E-state index is 0.113. The largest absolute Gasteiger partial charge is 0.469 e. The van der Waals surface area contributed by atoms with Crippen molar-refractivity contribution in [2.24, 2.45) is 10.9 Å². The highest BCUT2D eigenvalue weighted by Crippen LogP contribution is 2.18. The average Bonchev–Trinajstić information content (AvgIpc) is 2.54. The van der Waals surface area contributed by atoms with Gasteiger partial charge in [-0.05, 0) is 26.7 Å². The van der Waals surface area contributed by atoms with Crippen LogP contribution in [0.2, 0.25) is 0 Å². The number of hydrogen-bond donors (Lipinski definition) is 1. The van der Waals surface area contributed by atoms with Crippen LogP contribution in [0.3, 0.4) is 0 Å². The van der Waals surface area contributed by atoms with Crippen LogP contribution in [0.1, 0.15) is 33.1 Å². The number of guanidine groups is 1. The van der Waals surface area contributed by atoms with Crippen molar-refractivity contribution >= 4 is 17.9 Å². The molecule has 1 atom stereocenters. The minimum Gasteiger partial charge on any atom is -0.469 e. The molecule has 1 fully saturated rings. The van der Waals surface area contributed by atoms with Gasteiger partial charge in [0.05, 0.1) is 32.6 Å². The molecule has 1 aliphatic rings. The van der Waals surface area contributed by atoms with E-state index in [2.05, 4.69) is 19.9 Å². The van der Waals surface area contributed by atoms with Gasteiger partial charge in [0, 0.05) is 19.6 Å². The third-order valence-electron chi connectivity index (χ3n) is 3.48. The topological polar surface area (TPSA) is 80.2 Å². The number of esters is 2. The van der Waals surface area contributed by atoms with Gasteiger partial charge in [0.25, 0.3) is 0 Å². The summed E-state index contributed by atoms with van der Waals surface area (Å²) in [6, 6.07) is 0. The van der Waals surface area contributed by atoms with Crippen molar-refractivity contribution in [3.05, 3.63) is 0 Å². The highest BCUT2D eigenvalue weighted by molar-refractivity contribution is 5.81. The van der Waals surface area contributed by atoms with Gasteiger partial charge in [0.2, 0.25) is 0 Å². The van der Waals surface area contributed by atoms with Crippen LogP contribution in [0.5, 0.6) is 0 Å². The number of ether oxygens (including phenoxy) is 2. The maximum absolute atomic E-state index is 11.9. The summed E-state index contributed by atoms with van der Waals surface area (Å²) >= 11 is 0. The van der Waals surface area contributed by atoms with E-state index in [0.29, 0.717) is 19.7 Å². The first-order valence-corrected chi connectivity index (χ1v) is 7.89. The highest BCUT2D eigenvalue weighted by atomic mass is 16.5. The second-order valence-electron chi connectivity index (χ2n) is 5.10. The van der Waals surface area contributed by atoms with E-state index in [0.717, 1.165) is 31.9 Å². The average molecular weight is 313 g/mol. The maximum atomic E-state index is 11.9. The number of carbonyl (C=O) groups excluding carboxylic acids is 2. The van der Waals surface area contributed by atoms with Crippen molar-refractivity contribution in [1.29, 1.82) is 0 Å². The molecular weight excluding hydrogens is 286 g/mol. The summed E-state index contributed by atoms with van der Waals surface area (Å²) in [6.45, 7) is 6.76. The molecule has 1 heterocycles. The first-order chi connectivity index (χ1) is 10.6. The predicted molar refractivity (Wildman–Crippen MR) is 83.5 cm³/mol. The Balaban J connectivity index is 2.63. The van der Waals surface area contributed by atoms with Gasteiger partial charge < -0.3 is 19.7 Å². The molecule has 0 saturated carbocycles. The molecule has 0 aromatic rings. The Bertz CT molecular complexity index is 398. The molecule has 1 aliphatic heterocycles. The monoisotopic (exact) mass is 313 g/mol. The van der Waals surface area contributed by atoms with Crippen molar-refractivity contribution in [3.63, 3.8) is 0 Å². The minimum atomic E-state index is -0.275. The summed E-state index contributed by atoms with van der Waals surface area (Å²) in [5, 5.41) is 3.21. The molecule has 0 bridgehead atoms. The molecule has 1 N–H and O–H groups in total. The lowest BCUT2D eigenvalue weighted by Crippen LogP contribution is -2.48. The van der Waals surface area contributed by atoms with Crippen LogP contribution in [0.25, 0.3) is 0 Å². The van der Waals surface area contributed by atoms with Crippen LogP contribution < -0.4 is 5.32 Å². The zero-order valence-electron chi connectivity index (χ0n) is 13.8. The van der Waals surface area contributed by atoms with Gasteiger partial charge in [-0.1, -0.05) is 0 Å². The molecular formula is C15H27N3O4. The second-order valence-corrected chi connectivity index (χ2v) is 5.10. The first-order valence-electron chi connectivity index (χ1n) is 7.89. The Morgan fingerprint density at radius 1 is 1.36 bits per heavy atom. The van der Waals surface area contributed by atoms with Crippen molar-refractivity contribution in [2.45, 2.75) is 33.1 Å². The molecule has 0 radical (unpaired) electrons. The molecule has 126 valence electrons. The number of hydrogen-bond acceptors (Lipinski definition) is 5. The zero-order valence-corrected chi connectivity index (χ0v) is 13.8. The van der Waals surface area contributed by atoms with E-state index in [1.165, 1.54) is 7.11 Å². The number of aliphatic imine (C=N–C) groups is 1. The quantitative estimate of drug-likeness (QED) is 0.444. The number of rotatable bonds is 6. The van der Waals surface area contributed by atoms with Crippen molar-refractivity contribution < 1.29 is 19.1 Å². The van der Waals surface area contributed by atoms with Gasteiger partial charge in [-0.25, -0.2) is 0 Å². The van der Waals surface area contributed by atoms with Crippen LogP contribution in [0.4, 0.5) is 0 Å². The van der Waals surface area contributed by atoms with E-state index >= 15 is 0 Å². The SMILES string of the molecule is CCNC(=NCCC(=O)OC)N1CCCC(C(=O)OCC)C1. The number of carbonyl (C=O) groups is 2. The lowest BCUT2D eigenvalue weighted by atomic mass is 9.98. The van der Waals surface area contributed by atoms with Crippen molar-refractivity contribution in [1.82, 2.24) is 10.2 Å². The Hall–Kier alpha value is -1.79. The normalized spacial score (nSPS) is 18.8. The lowest BCUT2D eigenvalue weighted by Gasteiger charge is -2.34. The Labute approximate surface area is 132 Å². The molecule has 0 aromatic heterocycles. The molecule has 0 spiro atoms. The van der Waals surface area contributed by atoms with E-state index in [1.54, 1.807) is 0 Å². The van der Waals surface area contributed by atoms with Crippen LogP contribution >= 0.6 is 0 Å². The summed E-state index contributed by atoms with van der Waals surface area (Å²) in [7, 11) is 1.37. The van der Waals surface area contributed by atoms with Crippen molar-refractivity contribution in [2.75, 3.05) is 39.9 Å². The number of likely N-dealkylation sites (tertiary alicyclic amines) is 1. The van der Waals surface area contributed by atoms with Crippen LogP contribution in [-0.2, 0) is 19.1 Å². The standard InChI is InChI=1S/C15H27N3O4/c1-4-16-15(17-9-8-13(19)21-3)18-10-6-7-12(11-18)14(20)22-5-2/h12H,4-11H2,1-3H3,(H,16,17). The molecule has 0 aromatic carbocycles. The van der Waals surface area contributed by atoms with Gasteiger partial charge in [-0.2, -0.15) is 0 Å². The van der Waals surface area contributed by atoms with Crippen LogP contribution in [0.15, 0.2) is 4.99 Å². The molecule has 1 unspecified atom stereocenters. The third kappa shape index (κ3) is 5.91. The summed E-state index contributed by atoms with van der Waals surface area (Å²) in [5.41, 5.74) is 0. The molecule has 22 heavy (non-hydrogen) atoms. The van der Waals surface area contributed by atoms with Crippen LogP contribution in [-0.4, -0.2) is 62.7 Å². The Morgan fingerprint density at radius 3 is 2.77 bits per heavy atom. The fourth-order valence-corrected chi connectivity index (χ4v) is 2.40. The lowest BCUT2D eigenvalue weighted by molar-refractivity contribution is -0.149. The van der Waals surface area contributed by atoms with E-state index in [1.807, 2.05) is 13.8 Å². The van der Waals surface area contributed by atoms with Gasteiger partial charge in [0.1, 0.15) is 0 Å². The van der Waals surface area contributed by atoms with E-state index in [4.69, 9.17) is 4.74 Å². The van der Waals surface area contributed by atoms with Crippen molar-refractivity contribution in [3.8, 4) is 0 Å². The molecule has 0 aliphatic carbocycles. The van der Waals surface area contributed by atoms with E-state index in [9.17, 15) is 9.59 Å². The first kappa shape index (κ1) is 18.3. The van der Waals surface area contributed by atoms with E-state index in [-0.39, 0.29) is 24.3 Å². The maximum Gasteiger partial charge on any atom is 0.310 e. The Morgan fingerprint density at radius 2 is 2.14 bits per heavy atom. The summed E-state index contributed by atoms with van der Waals surface area (Å²) in [6.07, 6.45) is 2.02. The number of piperidine rings is 1. The molecule has 1 saturated heterocycles. The predicted octanol–water partition coefficient (Wildman–Crippen LogP) is 0.790. The summed E-state index contributed by atoms with van der Waals surface area (Å²) in [5.74, 6) is 0.207. The smallest absolute Gasteiger partial charge is 0.310 e. The highest BCUT2D eigenvalue weighted by Gasteiger charge is 2.28. The second kappa shape index (κ2) is 10.0. The van der Waals surface area contributed by atoms with Gasteiger partial charge in [-0.15, -0.1) is 0 Å².